The molecule has 0 aliphatic heterocycles. The largest absolute Gasteiger partial charge is 0.496 e. The average molecular weight is 380 g/mol. The van der Waals surface area contributed by atoms with Crippen LogP contribution in [0.3, 0.4) is 0 Å². The van der Waals surface area contributed by atoms with E-state index in [1.807, 2.05) is 0 Å². The maximum absolute atomic E-state index is 12.2. The molecule has 0 atom stereocenters. The van der Waals surface area contributed by atoms with Crippen molar-refractivity contribution in [2.75, 3.05) is 12.5 Å². The van der Waals surface area contributed by atoms with Gasteiger partial charge in [0.1, 0.15) is 5.75 Å². The van der Waals surface area contributed by atoms with Gasteiger partial charge in [0, 0.05) is 10.0 Å². The molecular formula is C14H10Cl4N2O2. The molecule has 0 fully saturated rings. The maximum atomic E-state index is 12.2. The van der Waals surface area contributed by atoms with Gasteiger partial charge >= 0.3 is 0 Å². The predicted octanol–water partition coefficient (Wildman–Crippen LogP) is 5.07. The van der Waals surface area contributed by atoms with Gasteiger partial charge in [0.25, 0.3) is 5.91 Å². The molecule has 0 aliphatic carbocycles. The first-order valence-corrected chi connectivity index (χ1v) is 7.48. The van der Waals surface area contributed by atoms with Gasteiger partial charge in [0.2, 0.25) is 0 Å². The molecule has 116 valence electrons. The molecule has 2 aromatic rings. The number of benzene rings is 2. The van der Waals surface area contributed by atoms with E-state index < -0.39 is 5.91 Å². The average Bonchev–Trinajstić information content (AvgIpc) is 2.45. The molecule has 2 N–H and O–H groups in total. The van der Waals surface area contributed by atoms with Gasteiger partial charge in [-0.3, -0.25) is 15.6 Å². The molecule has 0 heterocycles. The van der Waals surface area contributed by atoms with Crippen LogP contribution >= 0.6 is 46.4 Å². The highest BCUT2D eigenvalue weighted by molar-refractivity contribution is 6.41. The van der Waals surface area contributed by atoms with Crippen LogP contribution < -0.4 is 15.6 Å². The Hall–Kier alpha value is -1.33. The molecule has 0 aliphatic rings. The zero-order valence-electron chi connectivity index (χ0n) is 11.2. The van der Waals surface area contributed by atoms with E-state index in [0.717, 1.165) is 0 Å². The second kappa shape index (κ2) is 7.29. The van der Waals surface area contributed by atoms with E-state index in [2.05, 4.69) is 10.9 Å². The van der Waals surface area contributed by atoms with E-state index in [0.29, 0.717) is 21.5 Å². The summed E-state index contributed by atoms with van der Waals surface area (Å²) in [5, 5.41) is 1.35. The summed E-state index contributed by atoms with van der Waals surface area (Å²) in [7, 11) is 1.46. The van der Waals surface area contributed by atoms with Crippen molar-refractivity contribution in [3.05, 3.63) is 56.0 Å². The Morgan fingerprint density at radius 3 is 2.23 bits per heavy atom. The monoisotopic (exact) mass is 378 g/mol. The van der Waals surface area contributed by atoms with E-state index >= 15 is 0 Å². The number of hydrogen-bond donors (Lipinski definition) is 2. The molecule has 0 spiro atoms. The third kappa shape index (κ3) is 3.90. The molecule has 0 radical (unpaired) electrons. The fraction of sp³-hybridized carbons (Fsp3) is 0.0714. The Morgan fingerprint density at radius 2 is 1.64 bits per heavy atom. The van der Waals surface area contributed by atoms with Gasteiger partial charge in [-0.25, -0.2) is 0 Å². The van der Waals surface area contributed by atoms with Gasteiger partial charge in [-0.1, -0.05) is 46.4 Å². The Bertz CT molecular complexity index is 699. The lowest BCUT2D eigenvalue weighted by Crippen LogP contribution is -2.30. The Kier molecular flexibility index (Phi) is 5.64. The van der Waals surface area contributed by atoms with E-state index in [9.17, 15) is 4.79 Å². The number of halogens is 4. The van der Waals surface area contributed by atoms with Crippen molar-refractivity contribution in [1.82, 2.24) is 5.43 Å². The van der Waals surface area contributed by atoms with Gasteiger partial charge in [-0.2, -0.15) is 0 Å². The van der Waals surface area contributed by atoms with Crippen LogP contribution in [0.2, 0.25) is 20.1 Å². The van der Waals surface area contributed by atoms with Gasteiger partial charge in [0.15, 0.2) is 0 Å². The fourth-order valence-electron chi connectivity index (χ4n) is 1.71. The topological polar surface area (TPSA) is 50.4 Å². The first-order valence-electron chi connectivity index (χ1n) is 5.97. The molecule has 4 nitrogen and oxygen atoms in total. The van der Waals surface area contributed by atoms with Gasteiger partial charge in [-0.15, -0.1) is 0 Å². The molecule has 0 unspecified atom stereocenters. The summed E-state index contributed by atoms with van der Waals surface area (Å²) in [6.45, 7) is 0. The molecule has 0 bridgehead atoms. The van der Waals surface area contributed by atoms with Crippen molar-refractivity contribution < 1.29 is 9.53 Å². The third-order valence-electron chi connectivity index (χ3n) is 2.71. The van der Waals surface area contributed by atoms with Crippen molar-refractivity contribution in [1.29, 1.82) is 0 Å². The number of hydrogen-bond acceptors (Lipinski definition) is 3. The summed E-state index contributed by atoms with van der Waals surface area (Å²) in [5.74, 6) is -0.0709. The van der Waals surface area contributed by atoms with E-state index in [4.69, 9.17) is 51.1 Å². The molecule has 1 amide bonds. The van der Waals surface area contributed by atoms with Gasteiger partial charge < -0.3 is 4.74 Å². The quantitative estimate of drug-likeness (QED) is 0.729. The normalized spacial score (nSPS) is 10.2. The first kappa shape index (κ1) is 17.0. The summed E-state index contributed by atoms with van der Waals surface area (Å²) in [5.41, 5.74) is 5.74. The van der Waals surface area contributed by atoms with E-state index in [-0.39, 0.29) is 15.6 Å². The lowest BCUT2D eigenvalue weighted by atomic mass is 10.2. The highest BCUT2D eigenvalue weighted by atomic mass is 35.5. The number of amides is 1. The predicted molar refractivity (Wildman–Crippen MR) is 90.6 cm³/mol. The number of ether oxygens (including phenoxy) is 1. The van der Waals surface area contributed by atoms with Crippen LogP contribution in [0.15, 0.2) is 30.3 Å². The molecule has 0 saturated carbocycles. The Labute approximate surface area is 147 Å². The number of carbonyl (C=O) groups excluding carboxylic acids is 1. The molecule has 2 aromatic carbocycles. The minimum Gasteiger partial charge on any atom is -0.496 e. The third-order valence-corrected chi connectivity index (χ3v) is 3.76. The van der Waals surface area contributed by atoms with Crippen LogP contribution in [0.5, 0.6) is 5.75 Å². The number of hydrazine groups is 1. The smallest absolute Gasteiger partial charge is 0.273 e. The second-order valence-electron chi connectivity index (χ2n) is 4.17. The van der Waals surface area contributed by atoms with E-state index in [1.165, 1.54) is 25.3 Å². The standard InChI is InChI=1S/C14H10Cl4N2O2/c1-22-12-3-2-7(15)4-9(12)14(21)20-19-13-10(17)5-8(16)6-11(13)18/h2-6,19H,1H3,(H,20,21). The van der Waals surface area contributed by atoms with Crippen LogP contribution in [0.1, 0.15) is 10.4 Å². The van der Waals surface area contributed by atoms with Crippen molar-refractivity contribution in [2.24, 2.45) is 0 Å². The molecular weight excluding hydrogens is 370 g/mol. The van der Waals surface area contributed by atoms with Crippen LogP contribution in [0.4, 0.5) is 5.69 Å². The molecule has 0 saturated heterocycles. The zero-order valence-corrected chi connectivity index (χ0v) is 14.2. The minimum atomic E-state index is -0.457. The summed E-state index contributed by atoms with van der Waals surface area (Å²) in [6, 6.07) is 7.71. The van der Waals surface area contributed by atoms with Crippen LogP contribution in [0, 0.1) is 0 Å². The zero-order chi connectivity index (χ0) is 16.3. The number of nitrogens with one attached hydrogen (secondary N) is 2. The summed E-state index contributed by atoms with van der Waals surface area (Å²) < 4.78 is 5.12. The van der Waals surface area contributed by atoms with Crippen molar-refractivity contribution >= 4 is 58.0 Å². The van der Waals surface area contributed by atoms with E-state index in [1.54, 1.807) is 12.1 Å². The molecule has 2 rings (SSSR count). The Morgan fingerprint density at radius 1 is 1.00 bits per heavy atom. The van der Waals surface area contributed by atoms with Crippen LogP contribution in [0.25, 0.3) is 0 Å². The highest BCUT2D eigenvalue weighted by Gasteiger charge is 2.14. The van der Waals surface area contributed by atoms with Gasteiger partial charge in [-0.05, 0) is 30.3 Å². The summed E-state index contributed by atoms with van der Waals surface area (Å²) in [4.78, 5) is 12.2. The SMILES string of the molecule is COc1ccc(Cl)cc1C(=O)NNc1c(Cl)cc(Cl)cc1Cl. The number of rotatable bonds is 4. The molecule has 22 heavy (non-hydrogen) atoms. The van der Waals surface area contributed by atoms with Crippen LogP contribution in [-0.2, 0) is 0 Å². The van der Waals surface area contributed by atoms with Gasteiger partial charge in [0.05, 0.1) is 28.4 Å². The molecule has 8 heteroatoms. The second-order valence-corrected chi connectivity index (χ2v) is 5.86. The first-order chi connectivity index (χ1) is 10.4. The number of carbonyl (C=O) groups is 1. The van der Waals surface area contributed by atoms with Crippen molar-refractivity contribution in [3.8, 4) is 5.75 Å². The van der Waals surface area contributed by atoms with Crippen molar-refractivity contribution in [2.45, 2.75) is 0 Å². The maximum Gasteiger partial charge on any atom is 0.273 e. The van der Waals surface area contributed by atoms with Crippen molar-refractivity contribution in [3.63, 3.8) is 0 Å². The Balaban J connectivity index is 2.19. The number of methoxy groups -OCH3 is 1. The lowest BCUT2D eigenvalue weighted by Gasteiger charge is -2.13. The lowest BCUT2D eigenvalue weighted by molar-refractivity contribution is 0.0959. The minimum absolute atomic E-state index is 0.267. The van der Waals surface area contributed by atoms with Crippen LogP contribution in [-0.4, -0.2) is 13.0 Å². The summed E-state index contributed by atoms with van der Waals surface area (Å²) in [6.07, 6.45) is 0. The fourth-order valence-corrected chi connectivity index (χ4v) is 2.79. The summed E-state index contributed by atoms with van der Waals surface area (Å²) >= 11 is 23.8. The molecule has 0 aromatic heterocycles. The number of anilines is 1. The highest BCUT2D eigenvalue weighted by Crippen LogP contribution is 2.33.